The molecule has 4 rings (SSSR count). The Morgan fingerprint density at radius 1 is 1.19 bits per heavy atom. The molecule has 198 valence electrons. The van der Waals surface area contributed by atoms with Gasteiger partial charge < -0.3 is 14.7 Å². The lowest BCUT2D eigenvalue weighted by Gasteiger charge is -2.43. The standard InChI is InChI=1S/C27H30ClFN2O5S/c1-16(2)10-19-15-31(18-8-6-5-7-9-18)23-14-22(28)20(13-25(23)37(34,35)30(19)3)17-11-21(27(32)33)26(29)24(12-17)36-4/h5-9,11-14,16,19,34-35H,10,15H2,1-4H3,(H,32,33). The predicted molar refractivity (Wildman–Crippen MR) is 146 cm³/mol. The SMILES string of the molecule is COc1cc(-c2cc3c(cc2Cl)N(c2ccccc2)CC(CC(C)C)N(C)S3(O)O)cc(C(=O)O)c1F. The molecule has 1 aliphatic rings. The van der Waals surface area contributed by atoms with E-state index in [0.717, 1.165) is 18.2 Å². The molecule has 0 saturated carbocycles. The first-order chi connectivity index (χ1) is 17.4. The van der Waals surface area contributed by atoms with E-state index < -0.39 is 28.1 Å². The zero-order valence-corrected chi connectivity index (χ0v) is 22.6. The van der Waals surface area contributed by atoms with Gasteiger partial charge in [-0.15, -0.1) is 10.8 Å². The lowest BCUT2D eigenvalue weighted by molar-refractivity contribution is 0.0691. The lowest BCUT2D eigenvalue weighted by Crippen LogP contribution is -2.40. The topological polar surface area (TPSA) is 93.5 Å². The van der Waals surface area contributed by atoms with Gasteiger partial charge in [0.1, 0.15) is 0 Å². The number of aromatic carboxylic acids is 1. The molecular formula is C27H30ClFN2O5S. The normalized spacial score (nSPS) is 18.3. The van der Waals surface area contributed by atoms with Crippen LogP contribution in [0.4, 0.5) is 15.8 Å². The Morgan fingerprint density at radius 2 is 1.86 bits per heavy atom. The van der Waals surface area contributed by atoms with Crippen LogP contribution in [0.25, 0.3) is 11.1 Å². The highest BCUT2D eigenvalue weighted by atomic mass is 35.5. The van der Waals surface area contributed by atoms with Crippen LogP contribution >= 0.6 is 22.4 Å². The largest absolute Gasteiger partial charge is 0.494 e. The Labute approximate surface area is 222 Å². The molecule has 10 heteroatoms. The summed E-state index contributed by atoms with van der Waals surface area (Å²) >= 11 is 6.74. The van der Waals surface area contributed by atoms with Gasteiger partial charge in [0.15, 0.2) is 11.6 Å². The fourth-order valence-electron chi connectivity index (χ4n) is 4.66. The molecule has 0 fully saturated rings. The number of carboxylic acids is 1. The minimum absolute atomic E-state index is 0.190. The number of rotatable bonds is 6. The van der Waals surface area contributed by atoms with Crippen LogP contribution in [0.1, 0.15) is 30.6 Å². The molecule has 7 nitrogen and oxygen atoms in total. The van der Waals surface area contributed by atoms with Crippen LogP contribution in [0.5, 0.6) is 5.75 Å². The molecule has 1 heterocycles. The van der Waals surface area contributed by atoms with E-state index in [9.17, 15) is 23.4 Å². The van der Waals surface area contributed by atoms with Gasteiger partial charge in [0.2, 0.25) is 0 Å². The van der Waals surface area contributed by atoms with Gasteiger partial charge in [-0.3, -0.25) is 9.11 Å². The highest BCUT2D eigenvalue weighted by Gasteiger charge is 2.38. The Morgan fingerprint density at radius 3 is 2.46 bits per heavy atom. The summed E-state index contributed by atoms with van der Waals surface area (Å²) in [6.07, 6.45) is 0.724. The van der Waals surface area contributed by atoms with Gasteiger partial charge in [-0.1, -0.05) is 43.6 Å². The van der Waals surface area contributed by atoms with Gasteiger partial charge in [-0.25, -0.2) is 13.5 Å². The zero-order valence-electron chi connectivity index (χ0n) is 21.0. The van der Waals surface area contributed by atoms with E-state index in [2.05, 4.69) is 13.8 Å². The van der Waals surface area contributed by atoms with Crippen molar-refractivity contribution < 1.29 is 28.1 Å². The minimum atomic E-state index is -3.48. The predicted octanol–water partition coefficient (Wildman–Crippen LogP) is 7.38. The van der Waals surface area contributed by atoms with Gasteiger partial charge in [0.25, 0.3) is 0 Å². The first kappa shape index (κ1) is 27.2. The quantitative estimate of drug-likeness (QED) is 0.296. The Hall–Kier alpha value is -2.82. The number of fused-ring (bicyclic) bond motifs is 1. The summed E-state index contributed by atoms with van der Waals surface area (Å²) in [4.78, 5) is 13.9. The molecule has 3 aromatic rings. The monoisotopic (exact) mass is 548 g/mol. The Bertz CT molecular complexity index is 1320. The maximum Gasteiger partial charge on any atom is 0.338 e. The minimum Gasteiger partial charge on any atom is -0.494 e. The van der Waals surface area contributed by atoms with Crippen LogP contribution in [0.3, 0.4) is 0 Å². The van der Waals surface area contributed by atoms with Crippen LogP contribution in [0.2, 0.25) is 5.02 Å². The van der Waals surface area contributed by atoms with E-state index >= 15 is 0 Å². The fourth-order valence-corrected chi connectivity index (χ4v) is 6.53. The molecule has 0 bridgehead atoms. The van der Waals surface area contributed by atoms with Crippen molar-refractivity contribution in [3.63, 3.8) is 0 Å². The summed E-state index contributed by atoms with van der Waals surface area (Å²) in [5.74, 6) is -2.41. The first-order valence-corrected chi connectivity index (χ1v) is 13.6. The molecule has 3 N–H and O–H groups in total. The second kappa shape index (κ2) is 10.5. The number of ether oxygens (including phenoxy) is 1. The van der Waals surface area contributed by atoms with Crippen molar-refractivity contribution in [2.45, 2.75) is 31.2 Å². The molecule has 0 aromatic heterocycles. The van der Waals surface area contributed by atoms with E-state index in [4.69, 9.17) is 16.3 Å². The van der Waals surface area contributed by atoms with E-state index in [1.807, 2.05) is 35.2 Å². The third kappa shape index (κ3) is 5.15. The van der Waals surface area contributed by atoms with E-state index in [1.54, 1.807) is 23.5 Å². The molecule has 0 amide bonds. The lowest BCUT2D eigenvalue weighted by atomic mass is 10.0. The third-order valence-electron chi connectivity index (χ3n) is 6.56. The van der Waals surface area contributed by atoms with E-state index in [0.29, 0.717) is 23.7 Å². The number of hydrogen-bond acceptors (Lipinski definition) is 6. The number of benzene rings is 3. The summed E-state index contributed by atoms with van der Waals surface area (Å²) < 4.78 is 44.4. The molecule has 0 aliphatic carbocycles. The van der Waals surface area contributed by atoms with Crippen LogP contribution in [0, 0.1) is 11.7 Å². The highest BCUT2D eigenvalue weighted by molar-refractivity contribution is 8.22. The maximum absolute atomic E-state index is 14.6. The van der Waals surface area contributed by atoms with Crippen molar-refractivity contribution in [2.75, 3.05) is 25.6 Å². The number of carboxylic acid groups (broad SMARTS) is 1. The molecule has 0 spiro atoms. The molecule has 1 atom stereocenters. The number of methoxy groups -OCH3 is 1. The highest BCUT2D eigenvalue weighted by Crippen LogP contribution is 2.60. The Balaban J connectivity index is 1.98. The van der Waals surface area contributed by atoms with Gasteiger partial charge >= 0.3 is 5.97 Å². The summed E-state index contributed by atoms with van der Waals surface area (Å²) in [6, 6.07) is 15.1. The number of nitrogens with zero attached hydrogens (tertiary/aromatic N) is 2. The van der Waals surface area contributed by atoms with Gasteiger partial charge in [0.05, 0.1) is 28.3 Å². The van der Waals surface area contributed by atoms with Crippen molar-refractivity contribution in [2.24, 2.45) is 5.92 Å². The molecule has 1 unspecified atom stereocenters. The second-order valence-corrected chi connectivity index (χ2v) is 11.9. The van der Waals surface area contributed by atoms with Crippen LogP contribution in [-0.2, 0) is 0 Å². The van der Waals surface area contributed by atoms with Crippen molar-refractivity contribution in [3.8, 4) is 16.9 Å². The van der Waals surface area contributed by atoms with Gasteiger partial charge in [-0.05, 0) is 54.3 Å². The average Bonchev–Trinajstić information content (AvgIpc) is 2.92. The molecule has 3 aromatic carbocycles. The number of hydrogen-bond donors (Lipinski definition) is 3. The van der Waals surface area contributed by atoms with Gasteiger partial charge in [0, 0.05) is 30.9 Å². The summed E-state index contributed by atoms with van der Waals surface area (Å²) in [6.45, 7) is 4.66. The van der Waals surface area contributed by atoms with E-state index in [-0.39, 0.29) is 27.3 Å². The Kier molecular flexibility index (Phi) is 7.73. The van der Waals surface area contributed by atoms with Gasteiger partial charge in [-0.2, -0.15) is 0 Å². The molecule has 37 heavy (non-hydrogen) atoms. The van der Waals surface area contributed by atoms with Crippen molar-refractivity contribution in [3.05, 3.63) is 71.0 Å². The molecule has 0 saturated heterocycles. The number of anilines is 2. The number of para-hydroxylation sites is 1. The average molecular weight is 549 g/mol. The third-order valence-corrected chi connectivity index (χ3v) is 8.89. The molecular weight excluding hydrogens is 519 g/mol. The summed E-state index contributed by atoms with van der Waals surface area (Å²) in [5, 5.41) is 9.76. The number of carbonyl (C=O) groups is 1. The van der Waals surface area contributed by atoms with Crippen molar-refractivity contribution in [1.82, 2.24) is 4.31 Å². The fraction of sp³-hybridized carbons (Fsp3) is 0.296. The van der Waals surface area contributed by atoms with E-state index in [1.165, 1.54) is 13.2 Å². The first-order valence-electron chi connectivity index (χ1n) is 11.7. The smallest absolute Gasteiger partial charge is 0.338 e. The van der Waals surface area contributed by atoms with Crippen LogP contribution in [-0.4, -0.2) is 51.2 Å². The van der Waals surface area contributed by atoms with Crippen molar-refractivity contribution in [1.29, 1.82) is 0 Å². The summed E-state index contributed by atoms with van der Waals surface area (Å²) in [5.41, 5.74) is 1.42. The molecule has 1 aliphatic heterocycles. The maximum atomic E-state index is 14.6. The van der Waals surface area contributed by atoms with Crippen LogP contribution in [0.15, 0.2) is 59.5 Å². The van der Waals surface area contributed by atoms with Crippen LogP contribution < -0.4 is 9.64 Å². The van der Waals surface area contributed by atoms with Crippen molar-refractivity contribution >= 4 is 39.7 Å². The zero-order chi connectivity index (χ0) is 27.1. The number of likely N-dealkylation sites (N-methyl/N-ethyl adjacent to an activating group) is 1. The molecule has 0 radical (unpaired) electrons. The number of halogens is 2. The summed E-state index contributed by atoms with van der Waals surface area (Å²) in [7, 11) is -0.546. The second-order valence-electron chi connectivity index (χ2n) is 9.44.